The van der Waals surface area contributed by atoms with Gasteiger partial charge in [0.05, 0.1) is 18.9 Å². The quantitative estimate of drug-likeness (QED) is 0.320. The highest BCUT2D eigenvalue weighted by Crippen LogP contribution is 2.39. The molecule has 3 N–H and O–H groups in total. The van der Waals surface area contributed by atoms with Gasteiger partial charge in [0.15, 0.2) is 0 Å². The number of ether oxygens (including phenoxy) is 1. The maximum absolute atomic E-state index is 12.1. The van der Waals surface area contributed by atoms with Crippen molar-refractivity contribution in [2.75, 3.05) is 12.4 Å². The second-order valence-electron chi connectivity index (χ2n) is 5.80. The molecule has 0 fully saturated rings. The number of thiophene rings is 1. The van der Waals surface area contributed by atoms with Crippen LogP contribution in [0.4, 0.5) is 5.00 Å². The molecule has 27 heavy (non-hydrogen) atoms. The number of amides is 2. The number of hydrazone groups is 1. The van der Waals surface area contributed by atoms with Gasteiger partial charge < -0.3 is 15.2 Å². The van der Waals surface area contributed by atoms with Gasteiger partial charge in [-0.25, -0.2) is 10.2 Å². The number of methoxy groups -OCH3 is 1. The maximum Gasteiger partial charge on any atom is 0.341 e. The summed E-state index contributed by atoms with van der Waals surface area (Å²) in [7, 11) is 1.28. The topological polar surface area (TPSA) is 117 Å². The number of phenolic OH excluding ortho intramolecular Hbond substituents is 1. The number of hydrogen-bond donors (Lipinski definition) is 3. The molecule has 0 atom stereocenters. The van der Waals surface area contributed by atoms with Gasteiger partial charge in [-0.3, -0.25) is 9.59 Å². The summed E-state index contributed by atoms with van der Waals surface area (Å²) in [5.74, 6) is -2.31. The van der Waals surface area contributed by atoms with E-state index in [0.29, 0.717) is 16.1 Å². The van der Waals surface area contributed by atoms with Crippen LogP contribution in [0.5, 0.6) is 5.75 Å². The van der Waals surface area contributed by atoms with E-state index in [-0.39, 0.29) is 5.75 Å². The van der Waals surface area contributed by atoms with Crippen molar-refractivity contribution in [3.8, 4) is 5.75 Å². The van der Waals surface area contributed by atoms with Gasteiger partial charge in [0.2, 0.25) is 0 Å². The van der Waals surface area contributed by atoms with Crippen LogP contribution in [-0.2, 0) is 27.2 Å². The van der Waals surface area contributed by atoms with Gasteiger partial charge in [-0.1, -0.05) is 0 Å². The number of esters is 1. The second kappa shape index (κ2) is 8.00. The third kappa shape index (κ3) is 4.14. The highest BCUT2D eigenvalue weighted by atomic mass is 32.1. The Balaban J connectivity index is 1.66. The summed E-state index contributed by atoms with van der Waals surface area (Å²) in [6.45, 7) is 0. The average molecular weight is 387 g/mol. The molecule has 8 nitrogen and oxygen atoms in total. The minimum absolute atomic E-state index is 0.111. The Labute approximate surface area is 158 Å². The van der Waals surface area contributed by atoms with Crippen LogP contribution < -0.4 is 10.7 Å². The van der Waals surface area contributed by atoms with Gasteiger partial charge in [0.1, 0.15) is 10.8 Å². The van der Waals surface area contributed by atoms with Gasteiger partial charge >= 0.3 is 17.8 Å². The molecule has 0 spiro atoms. The van der Waals surface area contributed by atoms with E-state index >= 15 is 0 Å². The fourth-order valence-electron chi connectivity index (χ4n) is 2.75. The summed E-state index contributed by atoms with van der Waals surface area (Å²) >= 11 is 1.29. The fourth-order valence-corrected chi connectivity index (χ4v) is 4.02. The molecular formula is C18H17N3O5S. The molecule has 1 aromatic carbocycles. The van der Waals surface area contributed by atoms with Gasteiger partial charge in [0, 0.05) is 4.88 Å². The number of nitrogens with zero attached hydrogens (tertiary/aromatic N) is 1. The molecule has 1 aromatic heterocycles. The number of aryl methyl sites for hydroxylation is 1. The Bertz CT molecular complexity index is 918. The number of anilines is 1. The molecule has 0 saturated carbocycles. The first-order chi connectivity index (χ1) is 13.0. The maximum atomic E-state index is 12.1. The van der Waals surface area contributed by atoms with Crippen LogP contribution in [0.15, 0.2) is 29.4 Å². The van der Waals surface area contributed by atoms with Gasteiger partial charge in [-0.05, 0) is 54.7 Å². The Hall–Kier alpha value is -3.20. The molecule has 0 aliphatic heterocycles. The third-order valence-electron chi connectivity index (χ3n) is 4.02. The third-order valence-corrected chi connectivity index (χ3v) is 5.22. The van der Waals surface area contributed by atoms with Crippen molar-refractivity contribution < 1.29 is 24.2 Å². The first-order valence-corrected chi connectivity index (χ1v) is 8.97. The predicted molar refractivity (Wildman–Crippen MR) is 100 cm³/mol. The van der Waals surface area contributed by atoms with E-state index < -0.39 is 17.8 Å². The predicted octanol–water partition coefficient (Wildman–Crippen LogP) is 1.82. The molecule has 0 unspecified atom stereocenters. The van der Waals surface area contributed by atoms with Crippen LogP contribution in [0.25, 0.3) is 0 Å². The van der Waals surface area contributed by atoms with E-state index in [4.69, 9.17) is 4.74 Å². The van der Waals surface area contributed by atoms with Crippen molar-refractivity contribution in [2.24, 2.45) is 5.10 Å². The Kier molecular flexibility index (Phi) is 5.51. The van der Waals surface area contributed by atoms with Crippen LogP contribution in [0, 0.1) is 0 Å². The first-order valence-electron chi connectivity index (χ1n) is 8.16. The van der Waals surface area contributed by atoms with Crippen molar-refractivity contribution in [1.82, 2.24) is 5.43 Å². The molecule has 2 aromatic rings. The summed E-state index contributed by atoms with van der Waals surface area (Å²) in [5.41, 5.74) is 3.96. The lowest BCUT2D eigenvalue weighted by molar-refractivity contribution is -0.136. The summed E-state index contributed by atoms with van der Waals surface area (Å²) in [5, 5.41) is 15.7. The number of aromatic hydroxyl groups is 1. The number of rotatable bonds is 4. The monoisotopic (exact) mass is 387 g/mol. The van der Waals surface area contributed by atoms with Crippen LogP contribution in [-0.4, -0.2) is 36.2 Å². The normalized spacial score (nSPS) is 12.6. The Morgan fingerprint density at radius 2 is 1.93 bits per heavy atom. The highest BCUT2D eigenvalue weighted by Gasteiger charge is 2.29. The molecule has 140 valence electrons. The number of benzene rings is 1. The molecule has 0 saturated heterocycles. The lowest BCUT2D eigenvalue weighted by atomic mass is 10.1. The Morgan fingerprint density at radius 1 is 1.19 bits per heavy atom. The largest absolute Gasteiger partial charge is 0.508 e. The van der Waals surface area contributed by atoms with Crippen LogP contribution in [0.1, 0.15) is 32.8 Å². The van der Waals surface area contributed by atoms with Crippen molar-refractivity contribution in [3.63, 3.8) is 0 Å². The summed E-state index contributed by atoms with van der Waals surface area (Å²) < 4.78 is 4.80. The first kappa shape index (κ1) is 18.6. The second-order valence-corrected chi connectivity index (χ2v) is 6.90. The molecular weight excluding hydrogens is 370 g/mol. The van der Waals surface area contributed by atoms with E-state index in [2.05, 4.69) is 15.8 Å². The zero-order valence-electron chi connectivity index (χ0n) is 14.4. The van der Waals surface area contributed by atoms with E-state index in [1.54, 1.807) is 12.1 Å². The molecule has 0 bridgehead atoms. The number of phenols is 1. The van der Waals surface area contributed by atoms with E-state index in [1.807, 2.05) is 0 Å². The average Bonchev–Trinajstić information content (AvgIpc) is 3.23. The number of nitrogens with one attached hydrogen (secondary N) is 2. The lowest BCUT2D eigenvalue weighted by Crippen LogP contribution is -2.32. The zero-order valence-corrected chi connectivity index (χ0v) is 15.3. The Morgan fingerprint density at radius 3 is 2.63 bits per heavy atom. The van der Waals surface area contributed by atoms with Crippen LogP contribution in [0.3, 0.4) is 0 Å². The van der Waals surface area contributed by atoms with E-state index in [9.17, 15) is 19.5 Å². The van der Waals surface area contributed by atoms with Gasteiger partial charge in [-0.15, -0.1) is 11.3 Å². The fraction of sp³-hybridized carbons (Fsp3) is 0.222. The molecule has 9 heteroatoms. The summed E-state index contributed by atoms with van der Waals surface area (Å²) in [6.07, 6.45) is 3.87. The van der Waals surface area contributed by atoms with E-state index in [1.165, 1.54) is 36.8 Å². The molecule has 3 rings (SSSR count). The molecule has 2 amide bonds. The standard InChI is InChI=1S/C18H17N3O5S/c1-26-18(25)14-12-3-2-4-13(12)27-17(14)20-15(23)16(24)21-19-9-10-5-7-11(22)8-6-10/h5-9,22H,2-4H2,1H3,(H,20,23)(H,21,24)/b19-9-. The van der Waals surface area contributed by atoms with Crippen molar-refractivity contribution in [2.45, 2.75) is 19.3 Å². The van der Waals surface area contributed by atoms with Crippen molar-refractivity contribution in [1.29, 1.82) is 0 Å². The number of carbonyl (C=O) groups is 3. The SMILES string of the molecule is COC(=O)c1c(NC(=O)C(=O)N/N=C\c2ccc(O)cc2)sc2c1CCC2. The highest BCUT2D eigenvalue weighted by molar-refractivity contribution is 7.17. The summed E-state index contributed by atoms with van der Waals surface area (Å²) in [6, 6.07) is 6.14. The summed E-state index contributed by atoms with van der Waals surface area (Å²) in [4.78, 5) is 37.1. The number of carbonyl (C=O) groups excluding carboxylic acids is 3. The lowest BCUT2D eigenvalue weighted by Gasteiger charge is -2.06. The number of fused-ring (bicyclic) bond motifs is 1. The smallest absolute Gasteiger partial charge is 0.341 e. The van der Waals surface area contributed by atoms with E-state index in [0.717, 1.165) is 29.7 Å². The zero-order chi connectivity index (χ0) is 19.4. The van der Waals surface area contributed by atoms with Crippen molar-refractivity contribution >= 4 is 40.3 Å². The molecule has 1 heterocycles. The minimum atomic E-state index is -0.964. The minimum Gasteiger partial charge on any atom is -0.508 e. The van der Waals surface area contributed by atoms with Gasteiger partial charge in [-0.2, -0.15) is 5.10 Å². The van der Waals surface area contributed by atoms with Crippen LogP contribution >= 0.6 is 11.3 Å². The molecule has 1 aliphatic rings. The van der Waals surface area contributed by atoms with Crippen molar-refractivity contribution in [3.05, 3.63) is 45.8 Å². The van der Waals surface area contributed by atoms with Gasteiger partial charge in [0.25, 0.3) is 0 Å². The van der Waals surface area contributed by atoms with Crippen LogP contribution in [0.2, 0.25) is 0 Å². The number of hydrogen-bond acceptors (Lipinski definition) is 7. The molecule has 1 aliphatic carbocycles. The molecule has 0 radical (unpaired) electrons.